The topological polar surface area (TPSA) is 33.0 Å². The summed E-state index contributed by atoms with van der Waals surface area (Å²) in [5.74, 6) is 0.541. The highest BCUT2D eigenvalue weighted by molar-refractivity contribution is 9.10. The molecule has 0 bridgehead atoms. The summed E-state index contributed by atoms with van der Waals surface area (Å²) in [7, 11) is 0. The van der Waals surface area contributed by atoms with Crippen LogP contribution in [0.25, 0.3) is 0 Å². The van der Waals surface area contributed by atoms with Crippen molar-refractivity contribution in [2.75, 3.05) is 0 Å². The lowest BCUT2D eigenvalue weighted by molar-refractivity contribution is -0.137. The second kappa shape index (κ2) is 5.78. The van der Waals surface area contributed by atoms with E-state index in [4.69, 9.17) is 10.00 Å². The van der Waals surface area contributed by atoms with Crippen LogP contribution >= 0.6 is 15.9 Å². The van der Waals surface area contributed by atoms with Crippen molar-refractivity contribution in [3.8, 4) is 17.6 Å². The van der Waals surface area contributed by atoms with Crippen LogP contribution in [-0.2, 0) is 6.18 Å². The highest BCUT2D eigenvalue weighted by Crippen LogP contribution is 2.34. The van der Waals surface area contributed by atoms with Crippen LogP contribution in [0.5, 0.6) is 11.5 Å². The Morgan fingerprint density at radius 1 is 1.14 bits per heavy atom. The van der Waals surface area contributed by atoms with Crippen LogP contribution in [0, 0.1) is 18.3 Å². The van der Waals surface area contributed by atoms with Crippen molar-refractivity contribution < 1.29 is 17.9 Å². The maximum absolute atomic E-state index is 12.6. The minimum absolute atomic E-state index is 0.0900. The molecule has 0 saturated carbocycles. The van der Waals surface area contributed by atoms with Crippen LogP contribution in [0.15, 0.2) is 40.9 Å². The van der Waals surface area contributed by atoms with Gasteiger partial charge in [0, 0.05) is 4.47 Å². The van der Waals surface area contributed by atoms with Gasteiger partial charge in [0.25, 0.3) is 0 Å². The number of aryl methyl sites for hydroxylation is 1. The average Bonchev–Trinajstić information content (AvgIpc) is 2.42. The molecule has 2 rings (SSSR count). The third kappa shape index (κ3) is 3.56. The van der Waals surface area contributed by atoms with Gasteiger partial charge in [-0.05, 0) is 48.9 Å². The van der Waals surface area contributed by atoms with E-state index in [0.717, 1.165) is 28.2 Å². The predicted octanol–water partition coefficient (Wildman–Crippen LogP) is 5.44. The van der Waals surface area contributed by atoms with E-state index in [1.165, 1.54) is 0 Å². The first-order valence-electron chi connectivity index (χ1n) is 5.86. The highest BCUT2D eigenvalue weighted by Gasteiger charge is 2.31. The van der Waals surface area contributed by atoms with Crippen molar-refractivity contribution in [3.05, 3.63) is 57.6 Å². The van der Waals surface area contributed by atoms with Gasteiger partial charge in [0.05, 0.1) is 11.1 Å². The number of alkyl halides is 3. The smallest absolute Gasteiger partial charge is 0.416 e. The van der Waals surface area contributed by atoms with Crippen molar-refractivity contribution in [3.63, 3.8) is 0 Å². The molecule has 0 radical (unpaired) electrons. The molecule has 6 heteroatoms. The molecule has 0 heterocycles. The molecule has 0 spiro atoms. The molecule has 0 N–H and O–H groups in total. The van der Waals surface area contributed by atoms with Gasteiger partial charge >= 0.3 is 6.18 Å². The molecule has 0 saturated heterocycles. The SMILES string of the molecule is Cc1cc(Oc2ccc(C(F)(F)F)cc2C#N)ccc1Br. The predicted molar refractivity (Wildman–Crippen MR) is 75.1 cm³/mol. The van der Waals surface area contributed by atoms with E-state index in [0.29, 0.717) is 5.75 Å². The van der Waals surface area contributed by atoms with E-state index >= 15 is 0 Å². The monoisotopic (exact) mass is 355 g/mol. The summed E-state index contributed by atoms with van der Waals surface area (Å²) >= 11 is 3.34. The number of rotatable bonds is 2. The summed E-state index contributed by atoms with van der Waals surface area (Å²) in [5, 5.41) is 8.98. The Balaban J connectivity index is 2.36. The zero-order valence-electron chi connectivity index (χ0n) is 10.8. The van der Waals surface area contributed by atoms with E-state index in [-0.39, 0.29) is 11.3 Å². The maximum atomic E-state index is 12.6. The summed E-state index contributed by atoms with van der Waals surface area (Å²) in [5.41, 5.74) is -0.123. The largest absolute Gasteiger partial charge is 0.456 e. The molecular weight excluding hydrogens is 347 g/mol. The van der Waals surface area contributed by atoms with E-state index in [2.05, 4.69) is 15.9 Å². The third-order valence-electron chi connectivity index (χ3n) is 2.78. The molecule has 0 fully saturated rings. The van der Waals surface area contributed by atoms with Crippen molar-refractivity contribution in [2.24, 2.45) is 0 Å². The van der Waals surface area contributed by atoms with Crippen LogP contribution in [0.2, 0.25) is 0 Å². The highest BCUT2D eigenvalue weighted by atomic mass is 79.9. The third-order valence-corrected chi connectivity index (χ3v) is 3.67. The summed E-state index contributed by atoms with van der Waals surface area (Å²) in [6.45, 7) is 1.86. The molecule has 2 nitrogen and oxygen atoms in total. The van der Waals surface area contributed by atoms with Crippen LogP contribution < -0.4 is 4.74 Å². The first-order valence-corrected chi connectivity index (χ1v) is 6.66. The van der Waals surface area contributed by atoms with Gasteiger partial charge in [0.1, 0.15) is 17.6 Å². The molecule has 2 aromatic carbocycles. The summed E-state index contributed by atoms with van der Waals surface area (Å²) in [6, 6.07) is 9.69. The molecule has 0 unspecified atom stereocenters. The first kappa shape index (κ1) is 15.4. The molecule has 0 amide bonds. The Kier molecular flexibility index (Phi) is 4.24. The van der Waals surface area contributed by atoms with Gasteiger partial charge in [-0.25, -0.2) is 0 Å². The van der Waals surface area contributed by atoms with Gasteiger partial charge in [-0.1, -0.05) is 15.9 Å². The molecule has 108 valence electrons. The number of ether oxygens (including phenoxy) is 1. The van der Waals surface area contributed by atoms with Crippen LogP contribution in [0.1, 0.15) is 16.7 Å². The van der Waals surface area contributed by atoms with Gasteiger partial charge in [-0.15, -0.1) is 0 Å². The Morgan fingerprint density at radius 3 is 2.43 bits per heavy atom. The lowest BCUT2D eigenvalue weighted by Gasteiger charge is -2.11. The molecule has 0 aliphatic heterocycles. The fourth-order valence-electron chi connectivity index (χ4n) is 1.69. The molecular formula is C15H9BrF3NO. The van der Waals surface area contributed by atoms with Crippen LogP contribution in [0.3, 0.4) is 0 Å². The van der Waals surface area contributed by atoms with Crippen molar-refractivity contribution >= 4 is 15.9 Å². The van der Waals surface area contributed by atoms with Crippen LogP contribution in [0.4, 0.5) is 13.2 Å². The lowest BCUT2D eigenvalue weighted by Crippen LogP contribution is -2.05. The quantitative estimate of drug-likeness (QED) is 0.718. The van der Waals surface area contributed by atoms with Gasteiger partial charge in [0.2, 0.25) is 0 Å². The van der Waals surface area contributed by atoms with Crippen molar-refractivity contribution in [1.29, 1.82) is 5.26 Å². The van der Waals surface area contributed by atoms with Gasteiger partial charge in [-0.2, -0.15) is 18.4 Å². The van der Waals surface area contributed by atoms with E-state index in [1.807, 2.05) is 6.92 Å². The van der Waals surface area contributed by atoms with Gasteiger partial charge in [-0.3, -0.25) is 0 Å². The Bertz CT molecular complexity index is 720. The Morgan fingerprint density at radius 2 is 1.86 bits per heavy atom. The molecule has 0 atom stereocenters. The standard InChI is InChI=1S/C15H9BrF3NO/c1-9-6-12(3-4-13(9)16)21-14-5-2-11(15(17,18)19)7-10(14)8-20/h2-7H,1H3. The number of hydrogen-bond acceptors (Lipinski definition) is 2. The van der Waals surface area contributed by atoms with Crippen LogP contribution in [-0.4, -0.2) is 0 Å². The fourth-order valence-corrected chi connectivity index (χ4v) is 1.94. The number of benzene rings is 2. The summed E-state index contributed by atoms with van der Waals surface area (Å²) < 4.78 is 44.2. The van der Waals surface area contributed by atoms with Gasteiger partial charge in [0.15, 0.2) is 0 Å². The number of halogens is 4. The first-order chi connectivity index (χ1) is 9.81. The summed E-state index contributed by atoms with van der Waals surface area (Å²) in [6.07, 6.45) is -4.49. The minimum atomic E-state index is -4.49. The maximum Gasteiger partial charge on any atom is 0.416 e. The van der Waals surface area contributed by atoms with Crippen molar-refractivity contribution in [1.82, 2.24) is 0 Å². The lowest BCUT2D eigenvalue weighted by atomic mass is 10.1. The number of nitrogens with zero attached hydrogens (tertiary/aromatic N) is 1. The fraction of sp³-hybridized carbons (Fsp3) is 0.133. The Hall–Kier alpha value is -2.00. The van der Waals surface area contributed by atoms with Crippen molar-refractivity contribution in [2.45, 2.75) is 13.1 Å². The molecule has 2 aromatic rings. The van der Waals surface area contributed by atoms with E-state index in [1.54, 1.807) is 24.3 Å². The molecule has 0 aliphatic carbocycles. The number of nitriles is 1. The normalized spacial score (nSPS) is 11.0. The molecule has 21 heavy (non-hydrogen) atoms. The Labute approximate surface area is 127 Å². The van der Waals surface area contributed by atoms with E-state index < -0.39 is 11.7 Å². The molecule has 0 aromatic heterocycles. The average molecular weight is 356 g/mol. The number of hydrogen-bond donors (Lipinski definition) is 0. The second-order valence-corrected chi connectivity index (χ2v) is 5.19. The second-order valence-electron chi connectivity index (χ2n) is 4.33. The summed E-state index contributed by atoms with van der Waals surface area (Å²) in [4.78, 5) is 0. The zero-order chi connectivity index (χ0) is 15.6. The van der Waals surface area contributed by atoms with Gasteiger partial charge < -0.3 is 4.74 Å². The zero-order valence-corrected chi connectivity index (χ0v) is 12.4. The van der Waals surface area contributed by atoms with E-state index in [9.17, 15) is 13.2 Å². The molecule has 0 aliphatic rings. The minimum Gasteiger partial charge on any atom is -0.456 e.